The van der Waals surface area contributed by atoms with Gasteiger partial charge in [-0.05, 0) is 43.3 Å². The molecule has 1 aromatic heterocycles. The summed E-state index contributed by atoms with van der Waals surface area (Å²) >= 11 is 0. The minimum Gasteiger partial charge on any atom is -0.493 e. The number of aromatic nitrogens is 3. The number of benzene rings is 2. The molecule has 0 fully saturated rings. The molecule has 29 heavy (non-hydrogen) atoms. The zero-order valence-corrected chi connectivity index (χ0v) is 15.8. The Morgan fingerprint density at radius 1 is 1.07 bits per heavy atom. The zero-order chi connectivity index (χ0) is 21.0. The maximum atomic E-state index is 12.6. The first kappa shape index (κ1) is 20.1. The van der Waals surface area contributed by atoms with Crippen LogP contribution < -0.4 is 19.5 Å². The number of amides is 1. The summed E-state index contributed by atoms with van der Waals surface area (Å²) in [6.45, 7) is -1.23. The number of rotatable bonds is 7. The molecule has 0 aliphatic heterocycles. The van der Waals surface area contributed by atoms with Gasteiger partial charge in [-0.25, -0.2) is 4.68 Å². The van der Waals surface area contributed by atoms with Crippen LogP contribution in [0.15, 0.2) is 42.5 Å². The van der Waals surface area contributed by atoms with Crippen molar-refractivity contribution < 1.29 is 27.8 Å². The largest absolute Gasteiger partial charge is 0.493 e. The topological polar surface area (TPSA) is 87.5 Å². The quantitative estimate of drug-likeness (QED) is 0.649. The van der Waals surface area contributed by atoms with Crippen molar-refractivity contribution >= 4 is 11.6 Å². The standard InChI is InChI=1S/C19H18F2N4O4/c1-11-17(18(26)22-12-4-9-15(27-2)16(10-12)28-3)23-24-25(11)13-5-7-14(8-6-13)29-19(20)21/h4-10,19H,1-3H3,(H,22,26). The molecule has 2 aromatic carbocycles. The van der Waals surface area contributed by atoms with E-state index in [-0.39, 0.29) is 11.4 Å². The van der Waals surface area contributed by atoms with Crippen LogP contribution >= 0.6 is 0 Å². The summed E-state index contributed by atoms with van der Waals surface area (Å²) < 4.78 is 40.7. The molecule has 152 valence electrons. The third-order valence-electron chi connectivity index (χ3n) is 4.06. The lowest BCUT2D eigenvalue weighted by atomic mass is 10.2. The van der Waals surface area contributed by atoms with Gasteiger partial charge in [0, 0.05) is 11.8 Å². The van der Waals surface area contributed by atoms with E-state index in [1.807, 2.05) is 0 Å². The Balaban J connectivity index is 1.79. The molecule has 1 heterocycles. The Bertz CT molecular complexity index is 1010. The highest BCUT2D eigenvalue weighted by molar-refractivity contribution is 6.03. The van der Waals surface area contributed by atoms with E-state index in [1.165, 1.54) is 43.2 Å². The second-order valence-corrected chi connectivity index (χ2v) is 5.83. The molecule has 0 radical (unpaired) electrons. The van der Waals surface area contributed by atoms with Crippen LogP contribution in [0, 0.1) is 6.92 Å². The van der Waals surface area contributed by atoms with E-state index in [1.54, 1.807) is 25.1 Å². The first-order valence-corrected chi connectivity index (χ1v) is 8.44. The fourth-order valence-electron chi connectivity index (χ4n) is 2.66. The van der Waals surface area contributed by atoms with E-state index in [0.29, 0.717) is 28.6 Å². The number of carbonyl (C=O) groups excluding carboxylic acids is 1. The highest BCUT2D eigenvalue weighted by Gasteiger charge is 2.18. The van der Waals surface area contributed by atoms with Crippen molar-refractivity contribution in [3.05, 3.63) is 53.9 Å². The molecule has 10 heteroatoms. The van der Waals surface area contributed by atoms with Crippen LogP contribution in [0.1, 0.15) is 16.2 Å². The van der Waals surface area contributed by atoms with E-state index in [2.05, 4.69) is 20.4 Å². The molecule has 0 bridgehead atoms. The normalized spacial score (nSPS) is 10.7. The summed E-state index contributed by atoms with van der Waals surface area (Å²) in [6, 6.07) is 10.8. The number of nitrogens with one attached hydrogen (secondary N) is 1. The van der Waals surface area contributed by atoms with Gasteiger partial charge in [0.2, 0.25) is 0 Å². The van der Waals surface area contributed by atoms with E-state index >= 15 is 0 Å². The first-order valence-electron chi connectivity index (χ1n) is 8.44. The molecule has 3 aromatic rings. The number of ether oxygens (including phenoxy) is 3. The molecule has 0 atom stereocenters. The van der Waals surface area contributed by atoms with Gasteiger partial charge in [0.05, 0.1) is 25.6 Å². The molecule has 0 aliphatic carbocycles. The first-order chi connectivity index (χ1) is 13.9. The van der Waals surface area contributed by atoms with Crippen molar-refractivity contribution in [3.8, 4) is 22.9 Å². The number of methoxy groups -OCH3 is 2. The van der Waals surface area contributed by atoms with Gasteiger partial charge in [0.15, 0.2) is 17.2 Å². The molecule has 3 rings (SSSR count). The lowest BCUT2D eigenvalue weighted by Gasteiger charge is -2.10. The second kappa shape index (κ2) is 8.55. The minimum atomic E-state index is -2.90. The third kappa shape index (κ3) is 4.42. The number of alkyl halides is 2. The van der Waals surface area contributed by atoms with E-state index < -0.39 is 12.5 Å². The van der Waals surface area contributed by atoms with Gasteiger partial charge < -0.3 is 19.5 Å². The fraction of sp³-hybridized carbons (Fsp3) is 0.211. The van der Waals surface area contributed by atoms with Crippen LogP contribution in [0.2, 0.25) is 0 Å². The maximum absolute atomic E-state index is 12.6. The van der Waals surface area contributed by atoms with Gasteiger partial charge in [-0.3, -0.25) is 4.79 Å². The molecular weight excluding hydrogens is 386 g/mol. The molecule has 0 saturated heterocycles. The van der Waals surface area contributed by atoms with Crippen LogP contribution in [0.3, 0.4) is 0 Å². The summed E-state index contributed by atoms with van der Waals surface area (Å²) in [4.78, 5) is 12.6. The number of nitrogens with zero attached hydrogens (tertiary/aromatic N) is 3. The zero-order valence-electron chi connectivity index (χ0n) is 15.8. The van der Waals surface area contributed by atoms with Crippen LogP contribution in [0.25, 0.3) is 5.69 Å². The fourth-order valence-corrected chi connectivity index (χ4v) is 2.66. The molecule has 8 nitrogen and oxygen atoms in total. The van der Waals surface area contributed by atoms with Gasteiger partial charge in [0.1, 0.15) is 5.75 Å². The second-order valence-electron chi connectivity index (χ2n) is 5.83. The Labute approximate surface area is 165 Å². The average Bonchev–Trinajstić information content (AvgIpc) is 3.09. The number of carbonyl (C=O) groups is 1. The van der Waals surface area contributed by atoms with E-state index in [4.69, 9.17) is 9.47 Å². The van der Waals surface area contributed by atoms with Crippen LogP contribution in [0.4, 0.5) is 14.5 Å². The van der Waals surface area contributed by atoms with Gasteiger partial charge in [-0.1, -0.05) is 5.21 Å². The lowest BCUT2D eigenvalue weighted by Crippen LogP contribution is -2.14. The third-order valence-corrected chi connectivity index (χ3v) is 4.06. The Morgan fingerprint density at radius 3 is 2.38 bits per heavy atom. The lowest BCUT2D eigenvalue weighted by molar-refractivity contribution is -0.0498. The summed E-state index contributed by atoms with van der Waals surface area (Å²) in [5.74, 6) is 0.565. The number of anilines is 1. The summed E-state index contributed by atoms with van der Waals surface area (Å²) in [5.41, 5.74) is 1.63. The van der Waals surface area contributed by atoms with Gasteiger partial charge >= 0.3 is 6.61 Å². The van der Waals surface area contributed by atoms with E-state index in [9.17, 15) is 13.6 Å². The molecule has 0 saturated carbocycles. The number of hydrogen-bond donors (Lipinski definition) is 1. The predicted octanol–water partition coefficient (Wildman–Crippen LogP) is 3.45. The predicted molar refractivity (Wildman–Crippen MR) is 100 cm³/mol. The van der Waals surface area contributed by atoms with Crippen molar-refractivity contribution in [1.82, 2.24) is 15.0 Å². The molecule has 1 amide bonds. The van der Waals surface area contributed by atoms with Crippen molar-refractivity contribution in [3.63, 3.8) is 0 Å². The number of hydrogen-bond acceptors (Lipinski definition) is 6. The molecule has 0 aliphatic rings. The minimum absolute atomic E-state index is 0.0212. The molecule has 1 N–H and O–H groups in total. The average molecular weight is 404 g/mol. The summed E-state index contributed by atoms with van der Waals surface area (Å²) in [6.07, 6.45) is 0. The highest BCUT2D eigenvalue weighted by Crippen LogP contribution is 2.30. The van der Waals surface area contributed by atoms with Crippen molar-refractivity contribution in [2.45, 2.75) is 13.5 Å². The summed E-state index contributed by atoms with van der Waals surface area (Å²) in [5, 5.41) is 10.6. The number of halogens is 2. The van der Waals surface area contributed by atoms with Crippen molar-refractivity contribution in [2.24, 2.45) is 0 Å². The SMILES string of the molecule is COc1ccc(NC(=O)c2nnn(-c3ccc(OC(F)F)cc3)c2C)cc1OC. The van der Waals surface area contributed by atoms with Crippen molar-refractivity contribution in [2.75, 3.05) is 19.5 Å². The molecule has 0 spiro atoms. The highest BCUT2D eigenvalue weighted by atomic mass is 19.3. The van der Waals surface area contributed by atoms with Crippen LogP contribution in [0.5, 0.6) is 17.2 Å². The van der Waals surface area contributed by atoms with Crippen LogP contribution in [-0.4, -0.2) is 41.7 Å². The Hall–Kier alpha value is -3.69. The maximum Gasteiger partial charge on any atom is 0.387 e. The smallest absolute Gasteiger partial charge is 0.387 e. The van der Waals surface area contributed by atoms with Gasteiger partial charge in [-0.2, -0.15) is 8.78 Å². The van der Waals surface area contributed by atoms with Crippen molar-refractivity contribution in [1.29, 1.82) is 0 Å². The monoisotopic (exact) mass is 404 g/mol. The van der Waals surface area contributed by atoms with E-state index in [0.717, 1.165) is 0 Å². The van der Waals surface area contributed by atoms with Crippen LogP contribution in [-0.2, 0) is 0 Å². The summed E-state index contributed by atoms with van der Waals surface area (Å²) in [7, 11) is 3.01. The molecule has 0 unspecified atom stereocenters. The van der Waals surface area contributed by atoms with Gasteiger partial charge in [0.25, 0.3) is 5.91 Å². The van der Waals surface area contributed by atoms with Gasteiger partial charge in [-0.15, -0.1) is 5.10 Å². The molecular formula is C19H18F2N4O4. The Morgan fingerprint density at radius 2 is 1.76 bits per heavy atom. The Kier molecular flexibility index (Phi) is 5.91.